The van der Waals surface area contributed by atoms with Crippen LogP contribution < -0.4 is 0 Å². The summed E-state index contributed by atoms with van der Waals surface area (Å²) >= 11 is 0. The van der Waals surface area contributed by atoms with E-state index in [1.54, 1.807) is 12.1 Å². The lowest BCUT2D eigenvalue weighted by molar-refractivity contribution is 0.630. The van der Waals surface area contributed by atoms with Crippen LogP contribution in [0.4, 0.5) is 4.39 Å². The van der Waals surface area contributed by atoms with Crippen LogP contribution in [0.2, 0.25) is 0 Å². The molecule has 2 aromatic heterocycles. The molecule has 27 heavy (non-hydrogen) atoms. The van der Waals surface area contributed by atoms with Crippen LogP contribution in [0, 0.1) is 5.82 Å². The number of hydrogen-bond donors (Lipinski definition) is 2. The van der Waals surface area contributed by atoms with Crippen molar-refractivity contribution in [3.63, 3.8) is 0 Å². The summed E-state index contributed by atoms with van der Waals surface area (Å²) < 4.78 is 13.8. The minimum Gasteiger partial charge on any atom is -0.360 e. The predicted molar refractivity (Wildman–Crippen MR) is 108 cm³/mol. The number of aromatic nitrogens is 3. The molecule has 0 aliphatic carbocycles. The Morgan fingerprint density at radius 3 is 2.26 bits per heavy atom. The quantitative estimate of drug-likeness (QED) is 0.343. The maximum absolute atomic E-state index is 13.8. The van der Waals surface area contributed by atoms with E-state index >= 15 is 0 Å². The Bertz CT molecular complexity index is 1420. The minimum absolute atomic E-state index is 0.254. The zero-order valence-electron chi connectivity index (χ0n) is 14.3. The van der Waals surface area contributed by atoms with Crippen LogP contribution in [0.5, 0.6) is 0 Å². The molecule has 0 amide bonds. The molecule has 3 nitrogen and oxygen atoms in total. The summed E-state index contributed by atoms with van der Waals surface area (Å²) in [5.41, 5.74) is 3.70. The number of nitrogens with one attached hydrogen (secondary N) is 2. The monoisotopic (exact) mass is 351 g/mol. The van der Waals surface area contributed by atoms with Gasteiger partial charge in [-0.05, 0) is 29.0 Å². The SMILES string of the molecule is Fc1ccc2[nH]cc(-c3nc4c5ccccc5c5ccccc5c4[nH]3)c2c1. The van der Waals surface area contributed by atoms with Crippen LogP contribution in [-0.2, 0) is 0 Å². The molecule has 4 aromatic carbocycles. The molecule has 0 aliphatic heterocycles. The maximum Gasteiger partial charge on any atom is 0.140 e. The highest BCUT2D eigenvalue weighted by atomic mass is 19.1. The maximum atomic E-state index is 13.8. The molecule has 6 rings (SSSR count). The number of fused-ring (bicyclic) bond motifs is 7. The average Bonchev–Trinajstić information content (AvgIpc) is 3.32. The molecule has 2 N–H and O–H groups in total. The van der Waals surface area contributed by atoms with Crippen molar-refractivity contribution in [2.24, 2.45) is 0 Å². The second kappa shape index (κ2) is 5.17. The van der Waals surface area contributed by atoms with Crippen LogP contribution in [0.15, 0.2) is 72.9 Å². The lowest BCUT2D eigenvalue weighted by Crippen LogP contribution is -1.81. The lowest BCUT2D eigenvalue weighted by Gasteiger charge is -2.05. The van der Waals surface area contributed by atoms with E-state index in [1.807, 2.05) is 18.3 Å². The number of hydrogen-bond acceptors (Lipinski definition) is 1. The molecule has 2 heterocycles. The highest BCUT2D eigenvalue weighted by Gasteiger charge is 2.15. The highest BCUT2D eigenvalue weighted by molar-refractivity contribution is 6.23. The first-order chi connectivity index (χ1) is 13.3. The van der Waals surface area contributed by atoms with Gasteiger partial charge in [-0.2, -0.15) is 0 Å². The first kappa shape index (κ1) is 14.5. The Kier molecular flexibility index (Phi) is 2.78. The van der Waals surface area contributed by atoms with Crippen molar-refractivity contribution in [1.82, 2.24) is 15.0 Å². The third kappa shape index (κ3) is 1.98. The summed E-state index contributed by atoms with van der Waals surface area (Å²) in [6.45, 7) is 0. The molecule has 0 unspecified atom stereocenters. The van der Waals surface area contributed by atoms with Gasteiger partial charge in [-0.25, -0.2) is 9.37 Å². The lowest BCUT2D eigenvalue weighted by atomic mass is 10.0. The number of benzene rings is 4. The number of nitrogens with zero attached hydrogens (tertiary/aromatic N) is 1. The van der Waals surface area contributed by atoms with E-state index in [2.05, 4.69) is 46.4 Å². The van der Waals surface area contributed by atoms with Crippen molar-refractivity contribution < 1.29 is 4.39 Å². The van der Waals surface area contributed by atoms with Crippen LogP contribution in [0.25, 0.3) is 54.9 Å². The molecule has 0 saturated heterocycles. The zero-order valence-corrected chi connectivity index (χ0v) is 14.3. The topological polar surface area (TPSA) is 44.5 Å². The predicted octanol–water partition coefficient (Wildman–Crippen LogP) is 6.16. The molecule has 128 valence electrons. The van der Waals surface area contributed by atoms with E-state index in [0.717, 1.165) is 44.1 Å². The molecule has 6 aromatic rings. The molecule has 0 saturated carbocycles. The molecular weight excluding hydrogens is 337 g/mol. The van der Waals surface area contributed by atoms with Crippen molar-refractivity contribution in [2.45, 2.75) is 0 Å². The first-order valence-corrected chi connectivity index (χ1v) is 8.86. The number of imidazole rings is 1. The van der Waals surface area contributed by atoms with Crippen molar-refractivity contribution >= 4 is 43.5 Å². The van der Waals surface area contributed by atoms with E-state index in [0.29, 0.717) is 0 Å². The van der Waals surface area contributed by atoms with E-state index in [-0.39, 0.29) is 5.82 Å². The Balaban J connectivity index is 1.76. The Morgan fingerprint density at radius 2 is 1.44 bits per heavy atom. The smallest absolute Gasteiger partial charge is 0.140 e. The second-order valence-electron chi connectivity index (χ2n) is 6.79. The van der Waals surface area contributed by atoms with Gasteiger partial charge in [-0.3, -0.25) is 0 Å². The second-order valence-corrected chi connectivity index (χ2v) is 6.79. The van der Waals surface area contributed by atoms with Gasteiger partial charge in [0, 0.05) is 33.4 Å². The van der Waals surface area contributed by atoms with E-state index in [9.17, 15) is 4.39 Å². The summed E-state index contributed by atoms with van der Waals surface area (Å²) in [7, 11) is 0. The minimum atomic E-state index is -0.254. The fraction of sp³-hybridized carbons (Fsp3) is 0. The summed E-state index contributed by atoms with van der Waals surface area (Å²) in [4.78, 5) is 11.6. The number of H-pyrrole nitrogens is 2. The van der Waals surface area contributed by atoms with Gasteiger partial charge in [0.05, 0.1) is 11.0 Å². The molecule has 0 radical (unpaired) electrons. The number of rotatable bonds is 1. The van der Waals surface area contributed by atoms with Gasteiger partial charge in [0.15, 0.2) is 0 Å². The number of aromatic amines is 2. The van der Waals surface area contributed by atoms with Crippen molar-refractivity contribution in [1.29, 1.82) is 0 Å². The van der Waals surface area contributed by atoms with Crippen LogP contribution >= 0.6 is 0 Å². The van der Waals surface area contributed by atoms with Gasteiger partial charge < -0.3 is 9.97 Å². The molecule has 0 aliphatic rings. The summed E-state index contributed by atoms with van der Waals surface area (Å²) in [6.07, 6.45) is 1.88. The van der Waals surface area contributed by atoms with Crippen molar-refractivity contribution in [3.05, 3.63) is 78.7 Å². The Morgan fingerprint density at radius 1 is 0.741 bits per heavy atom. The molecular formula is C23H14FN3. The molecule has 0 fully saturated rings. The molecule has 0 atom stereocenters. The van der Waals surface area contributed by atoms with Crippen LogP contribution in [-0.4, -0.2) is 15.0 Å². The fourth-order valence-electron chi connectivity index (χ4n) is 4.04. The first-order valence-electron chi connectivity index (χ1n) is 8.86. The van der Waals surface area contributed by atoms with Gasteiger partial charge in [-0.15, -0.1) is 0 Å². The third-order valence-corrected chi connectivity index (χ3v) is 5.27. The summed E-state index contributed by atoms with van der Waals surface area (Å²) in [6, 6.07) is 21.4. The van der Waals surface area contributed by atoms with Gasteiger partial charge >= 0.3 is 0 Å². The largest absolute Gasteiger partial charge is 0.360 e. The van der Waals surface area contributed by atoms with Crippen LogP contribution in [0.1, 0.15) is 0 Å². The molecule has 0 spiro atoms. The van der Waals surface area contributed by atoms with Gasteiger partial charge in [0.2, 0.25) is 0 Å². The van der Waals surface area contributed by atoms with Crippen LogP contribution in [0.3, 0.4) is 0 Å². The van der Waals surface area contributed by atoms with Crippen molar-refractivity contribution in [3.8, 4) is 11.4 Å². The van der Waals surface area contributed by atoms with E-state index < -0.39 is 0 Å². The summed E-state index contributed by atoms with van der Waals surface area (Å²) in [5, 5.41) is 5.45. The van der Waals surface area contributed by atoms with Gasteiger partial charge in [-0.1, -0.05) is 48.5 Å². The number of halogens is 1. The molecule has 0 bridgehead atoms. The normalized spacial score (nSPS) is 11.9. The molecule has 4 heteroatoms. The zero-order chi connectivity index (χ0) is 18.0. The van der Waals surface area contributed by atoms with Crippen molar-refractivity contribution in [2.75, 3.05) is 0 Å². The van der Waals surface area contributed by atoms with Gasteiger partial charge in [0.25, 0.3) is 0 Å². The summed E-state index contributed by atoms with van der Waals surface area (Å²) in [5.74, 6) is 0.485. The van der Waals surface area contributed by atoms with Gasteiger partial charge in [0.1, 0.15) is 11.6 Å². The van der Waals surface area contributed by atoms with E-state index in [1.165, 1.54) is 16.8 Å². The third-order valence-electron chi connectivity index (χ3n) is 5.27. The fourth-order valence-corrected chi connectivity index (χ4v) is 4.04. The average molecular weight is 351 g/mol. The highest BCUT2D eigenvalue weighted by Crippen LogP contribution is 2.36. The Labute approximate surface area is 153 Å². The van der Waals surface area contributed by atoms with E-state index in [4.69, 9.17) is 4.98 Å². The standard InChI is InChI=1S/C23H14FN3/c24-13-9-10-20-18(11-13)19(12-25-20)23-26-21-16-7-3-1-5-14(16)15-6-2-4-8-17(15)22(21)27-23/h1-12,25H,(H,26,27). The Hall–Kier alpha value is -3.66.